The van der Waals surface area contributed by atoms with E-state index < -0.39 is 0 Å². The van der Waals surface area contributed by atoms with Crippen LogP contribution in [0.3, 0.4) is 0 Å². The molecular formula is C8H16N2. The summed E-state index contributed by atoms with van der Waals surface area (Å²) in [5.74, 6) is 0. The number of allylic oxidation sites excluding steroid dienone is 2. The van der Waals surface area contributed by atoms with Gasteiger partial charge in [-0.3, -0.25) is 0 Å². The summed E-state index contributed by atoms with van der Waals surface area (Å²) in [6.45, 7) is 8.35. The summed E-state index contributed by atoms with van der Waals surface area (Å²) < 4.78 is 0. The third-order valence-corrected chi connectivity index (χ3v) is 1.25. The Labute approximate surface area is 63.1 Å². The first-order valence-electron chi connectivity index (χ1n) is 3.49. The van der Waals surface area contributed by atoms with Crippen molar-refractivity contribution < 1.29 is 0 Å². The lowest BCUT2D eigenvalue weighted by Crippen LogP contribution is -2.06. The molecule has 58 valence electrons. The van der Waals surface area contributed by atoms with Crippen LogP contribution in [-0.2, 0) is 0 Å². The average molecular weight is 140 g/mol. The summed E-state index contributed by atoms with van der Waals surface area (Å²) in [6.07, 6.45) is 1.99. The van der Waals surface area contributed by atoms with Gasteiger partial charge in [0.05, 0.1) is 5.70 Å². The number of azo groups is 1. The molecule has 0 unspecified atom stereocenters. The van der Waals surface area contributed by atoms with Crippen LogP contribution in [0.25, 0.3) is 0 Å². The van der Waals surface area contributed by atoms with Gasteiger partial charge in [-0.25, -0.2) is 0 Å². The Morgan fingerprint density at radius 2 is 1.80 bits per heavy atom. The normalized spacial score (nSPS) is 14.7. The van der Waals surface area contributed by atoms with Crippen LogP contribution >= 0.6 is 0 Å². The average Bonchev–Trinajstić information content (AvgIpc) is 1.80. The summed E-state index contributed by atoms with van der Waals surface area (Å²) in [6, 6.07) is 0. The Morgan fingerprint density at radius 3 is 1.90 bits per heavy atom. The highest BCUT2D eigenvalue weighted by molar-refractivity contribution is 5.06. The van der Waals surface area contributed by atoms with Crippen LogP contribution in [0.2, 0.25) is 0 Å². The fraction of sp³-hybridized carbons (Fsp3) is 0.750. The third-order valence-electron chi connectivity index (χ3n) is 1.25. The van der Waals surface area contributed by atoms with E-state index in [1.165, 1.54) is 0 Å². The number of rotatable bonds is 1. The molecule has 0 saturated carbocycles. The lowest BCUT2D eigenvalue weighted by atomic mass is 9.92. The van der Waals surface area contributed by atoms with Gasteiger partial charge >= 0.3 is 0 Å². The van der Waals surface area contributed by atoms with E-state index in [0.717, 1.165) is 5.70 Å². The van der Waals surface area contributed by atoms with E-state index in [1.54, 1.807) is 7.05 Å². The van der Waals surface area contributed by atoms with Gasteiger partial charge < -0.3 is 0 Å². The molecule has 2 nitrogen and oxygen atoms in total. The molecule has 0 amide bonds. The van der Waals surface area contributed by atoms with Crippen molar-refractivity contribution in [2.45, 2.75) is 27.7 Å². The quantitative estimate of drug-likeness (QED) is 0.500. The molecule has 0 aliphatic rings. The number of nitrogens with zero attached hydrogens (tertiary/aromatic N) is 2. The second-order valence-electron chi connectivity index (χ2n) is 3.22. The van der Waals surface area contributed by atoms with Gasteiger partial charge in [0.1, 0.15) is 0 Å². The van der Waals surface area contributed by atoms with Gasteiger partial charge in [0, 0.05) is 12.5 Å². The zero-order valence-electron chi connectivity index (χ0n) is 7.47. The third kappa shape index (κ3) is 2.76. The van der Waals surface area contributed by atoms with E-state index in [-0.39, 0.29) is 5.41 Å². The minimum atomic E-state index is 0.119. The summed E-state index contributed by atoms with van der Waals surface area (Å²) in [5.41, 5.74) is 1.16. The van der Waals surface area contributed by atoms with Crippen molar-refractivity contribution in [2.24, 2.45) is 15.6 Å². The molecular weight excluding hydrogens is 124 g/mol. The minimum Gasteiger partial charge on any atom is -0.192 e. The molecule has 0 rings (SSSR count). The second kappa shape index (κ2) is 3.49. The first-order chi connectivity index (χ1) is 4.52. The molecule has 0 aromatic rings. The van der Waals surface area contributed by atoms with Crippen molar-refractivity contribution >= 4 is 0 Å². The van der Waals surface area contributed by atoms with E-state index in [1.807, 2.05) is 13.0 Å². The van der Waals surface area contributed by atoms with Crippen LogP contribution in [0.15, 0.2) is 22.0 Å². The fourth-order valence-corrected chi connectivity index (χ4v) is 0.748. The van der Waals surface area contributed by atoms with E-state index in [0.29, 0.717) is 0 Å². The lowest BCUT2D eigenvalue weighted by molar-refractivity contribution is 0.491. The Balaban J connectivity index is 4.39. The van der Waals surface area contributed by atoms with Crippen LogP contribution in [0.1, 0.15) is 27.7 Å². The SMILES string of the molecule is C/C=C(\N=N/C)C(C)(C)C. The van der Waals surface area contributed by atoms with Gasteiger partial charge in [-0.05, 0) is 6.92 Å². The maximum Gasteiger partial charge on any atom is 0.0636 e. The van der Waals surface area contributed by atoms with E-state index >= 15 is 0 Å². The molecule has 0 N–H and O–H groups in total. The topological polar surface area (TPSA) is 24.7 Å². The predicted octanol–water partition coefficient (Wildman–Crippen LogP) is 3.02. The smallest absolute Gasteiger partial charge is 0.0636 e. The maximum atomic E-state index is 4.00. The second-order valence-corrected chi connectivity index (χ2v) is 3.22. The Kier molecular flexibility index (Phi) is 3.26. The largest absolute Gasteiger partial charge is 0.192 e. The standard InChI is InChI=1S/C8H16N2/c1-6-7(10-9-5)8(2,3)4/h6H,1-5H3/b7-6-,10-9-. The molecule has 0 aromatic heterocycles. The van der Waals surface area contributed by atoms with Crippen molar-refractivity contribution in [1.82, 2.24) is 0 Å². The van der Waals surface area contributed by atoms with Crippen LogP contribution in [0.5, 0.6) is 0 Å². The lowest BCUT2D eigenvalue weighted by Gasteiger charge is -2.17. The minimum absolute atomic E-state index is 0.119. The fourth-order valence-electron chi connectivity index (χ4n) is 0.748. The molecule has 0 spiro atoms. The Bertz CT molecular complexity index is 149. The van der Waals surface area contributed by atoms with Crippen LogP contribution in [0.4, 0.5) is 0 Å². The number of hydrogen-bond donors (Lipinski definition) is 0. The van der Waals surface area contributed by atoms with Crippen molar-refractivity contribution in [2.75, 3.05) is 7.05 Å². The monoisotopic (exact) mass is 140 g/mol. The molecule has 10 heavy (non-hydrogen) atoms. The molecule has 0 saturated heterocycles. The van der Waals surface area contributed by atoms with Crippen molar-refractivity contribution in [3.8, 4) is 0 Å². The van der Waals surface area contributed by atoms with Gasteiger partial charge in [0.25, 0.3) is 0 Å². The first-order valence-corrected chi connectivity index (χ1v) is 3.49. The highest BCUT2D eigenvalue weighted by Crippen LogP contribution is 2.25. The Morgan fingerprint density at radius 1 is 1.30 bits per heavy atom. The van der Waals surface area contributed by atoms with Crippen LogP contribution < -0.4 is 0 Å². The van der Waals surface area contributed by atoms with E-state index in [2.05, 4.69) is 31.0 Å². The molecule has 0 heterocycles. The van der Waals surface area contributed by atoms with Crippen molar-refractivity contribution in [3.05, 3.63) is 11.8 Å². The van der Waals surface area contributed by atoms with Gasteiger partial charge in [-0.1, -0.05) is 26.8 Å². The van der Waals surface area contributed by atoms with Crippen molar-refractivity contribution in [1.29, 1.82) is 0 Å². The molecule has 0 fully saturated rings. The molecule has 0 aliphatic heterocycles. The number of hydrogen-bond acceptors (Lipinski definition) is 2. The summed E-state index contributed by atoms with van der Waals surface area (Å²) >= 11 is 0. The van der Waals surface area contributed by atoms with Crippen LogP contribution in [0, 0.1) is 5.41 Å². The zero-order chi connectivity index (χ0) is 8.20. The zero-order valence-corrected chi connectivity index (χ0v) is 7.47. The van der Waals surface area contributed by atoms with Gasteiger partial charge in [-0.2, -0.15) is 10.2 Å². The molecule has 0 bridgehead atoms. The molecule has 2 heteroatoms. The summed E-state index contributed by atoms with van der Waals surface area (Å²) in [5, 5.41) is 7.73. The van der Waals surface area contributed by atoms with Gasteiger partial charge in [-0.15, -0.1) is 0 Å². The molecule has 0 atom stereocenters. The van der Waals surface area contributed by atoms with Gasteiger partial charge in [0.15, 0.2) is 0 Å². The van der Waals surface area contributed by atoms with E-state index in [9.17, 15) is 0 Å². The predicted molar refractivity (Wildman–Crippen MR) is 44.0 cm³/mol. The van der Waals surface area contributed by atoms with Crippen LogP contribution in [-0.4, -0.2) is 7.05 Å². The molecule has 0 aromatic carbocycles. The summed E-state index contributed by atoms with van der Waals surface area (Å²) in [4.78, 5) is 0. The summed E-state index contributed by atoms with van der Waals surface area (Å²) in [7, 11) is 1.69. The highest BCUT2D eigenvalue weighted by Gasteiger charge is 2.15. The molecule has 0 aliphatic carbocycles. The van der Waals surface area contributed by atoms with Crippen molar-refractivity contribution in [3.63, 3.8) is 0 Å². The first kappa shape index (κ1) is 9.34. The highest BCUT2D eigenvalue weighted by atomic mass is 15.1. The van der Waals surface area contributed by atoms with E-state index in [4.69, 9.17) is 0 Å². The Hall–Kier alpha value is -0.660. The molecule has 0 radical (unpaired) electrons. The maximum absolute atomic E-state index is 4.00. The van der Waals surface area contributed by atoms with Gasteiger partial charge in [0.2, 0.25) is 0 Å².